The summed E-state index contributed by atoms with van der Waals surface area (Å²) in [5.74, 6) is -0.0613. The molecule has 0 aromatic heterocycles. The topological polar surface area (TPSA) is 58.4 Å². The molecule has 4 nitrogen and oxygen atoms in total. The molecule has 0 aliphatic heterocycles. The molecular weight excluding hydrogens is 294 g/mol. The van der Waals surface area contributed by atoms with Crippen LogP contribution < -0.4 is 16.0 Å². The number of para-hydroxylation sites is 1. The number of hydrogen-bond donors (Lipinski definition) is 2. The summed E-state index contributed by atoms with van der Waals surface area (Å²) < 4.78 is 0. The van der Waals surface area contributed by atoms with Crippen molar-refractivity contribution in [2.45, 2.75) is 6.92 Å². The standard InChI is InChI=1S/C17H19N3OS/c1-2-20(15-6-4-3-5-7-15)12-16(21)19-14-10-8-13(9-11-14)17(18)22/h3-11H,2,12H2,1H3,(H2,18,22)(H,19,21). The lowest BCUT2D eigenvalue weighted by atomic mass is 10.2. The molecular formula is C17H19N3OS. The molecule has 0 bridgehead atoms. The van der Waals surface area contributed by atoms with Crippen LogP contribution in [0.25, 0.3) is 0 Å². The van der Waals surface area contributed by atoms with Crippen LogP contribution in [0, 0.1) is 0 Å². The van der Waals surface area contributed by atoms with Gasteiger partial charge in [-0.15, -0.1) is 0 Å². The summed E-state index contributed by atoms with van der Waals surface area (Å²) in [5, 5.41) is 2.88. The number of anilines is 2. The van der Waals surface area contributed by atoms with Crippen molar-refractivity contribution in [3.8, 4) is 0 Å². The summed E-state index contributed by atoms with van der Waals surface area (Å²) in [7, 11) is 0. The molecule has 0 aliphatic carbocycles. The van der Waals surface area contributed by atoms with E-state index < -0.39 is 0 Å². The minimum atomic E-state index is -0.0613. The van der Waals surface area contributed by atoms with Crippen molar-refractivity contribution in [2.24, 2.45) is 5.73 Å². The van der Waals surface area contributed by atoms with Crippen molar-refractivity contribution in [1.29, 1.82) is 0 Å². The SMILES string of the molecule is CCN(CC(=O)Nc1ccc(C(N)=S)cc1)c1ccccc1. The van der Waals surface area contributed by atoms with Crippen LogP contribution in [0.1, 0.15) is 12.5 Å². The fraction of sp³-hybridized carbons (Fsp3) is 0.176. The summed E-state index contributed by atoms with van der Waals surface area (Å²) in [6, 6.07) is 17.1. The lowest BCUT2D eigenvalue weighted by Crippen LogP contribution is -2.33. The van der Waals surface area contributed by atoms with E-state index in [0.717, 1.165) is 23.5 Å². The summed E-state index contributed by atoms with van der Waals surface area (Å²) in [6.07, 6.45) is 0. The van der Waals surface area contributed by atoms with Gasteiger partial charge in [0.1, 0.15) is 4.99 Å². The number of thiocarbonyl (C=S) groups is 1. The highest BCUT2D eigenvalue weighted by Crippen LogP contribution is 2.13. The number of benzene rings is 2. The van der Waals surface area contributed by atoms with E-state index in [4.69, 9.17) is 18.0 Å². The fourth-order valence-corrected chi connectivity index (χ4v) is 2.25. The van der Waals surface area contributed by atoms with Gasteiger partial charge in [-0.3, -0.25) is 4.79 Å². The molecule has 114 valence electrons. The molecule has 2 rings (SSSR count). The quantitative estimate of drug-likeness (QED) is 0.805. The van der Waals surface area contributed by atoms with Gasteiger partial charge in [0.05, 0.1) is 6.54 Å². The molecule has 0 atom stereocenters. The molecule has 0 radical (unpaired) electrons. The molecule has 0 heterocycles. The Balaban J connectivity index is 1.98. The summed E-state index contributed by atoms with van der Waals surface area (Å²) in [5.41, 5.74) is 8.10. The highest BCUT2D eigenvalue weighted by atomic mass is 32.1. The molecule has 0 fully saturated rings. The van der Waals surface area contributed by atoms with Gasteiger partial charge in [0.2, 0.25) is 5.91 Å². The second-order valence-electron chi connectivity index (χ2n) is 4.84. The van der Waals surface area contributed by atoms with Crippen LogP contribution in [0.2, 0.25) is 0 Å². The number of carbonyl (C=O) groups is 1. The predicted octanol–water partition coefficient (Wildman–Crippen LogP) is 2.79. The Kier molecular flexibility index (Phi) is 5.49. The number of rotatable bonds is 6. The lowest BCUT2D eigenvalue weighted by molar-refractivity contribution is -0.115. The van der Waals surface area contributed by atoms with Crippen LogP contribution in [-0.4, -0.2) is 24.0 Å². The first-order valence-electron chi connectivity index (χ1n) is 7.10. The van der Waals surface area contributed by atoms with E-state index >= 15 is 0 Å². The first kappa shape index (κ1) is 16.0. The van der Waals surface area contributed by atoms with Gasteiger partial charge in [0.15, 0.2) is 0 Å². The normalized spacial score (nSPS) is 10.0. The molecule has 3 N–H and O–H groups in total. The fourth-order valence-electron chi connectivity index (χ4n) is 2.12. The predicted molar refractivity (Wildman–Crippen MR) is 95.3 cm³/mol. The van der Waals surface area contributed by atoms with E-state index in [1.807, 2.05) is 42.2 Å². The Morgan fingerprint density at radius 1 is 1.14 bits per heavy atom. The molecule has 0 aliphatic rings. The molecule has 0 saturated carbocycles. The Labute approximate surface area is 135 Å². The average molecular weight is 313 g/mol. The second-order valence-corrected chi connectivity index (χ2v) is 5.28. The number of hydrogen-bond acceptors (Lipinski definition) is 3. The van der Waals surface area contributed by atoms with E-state index in [-0.39, 0.29) is 5.91 Å². The largest absolute Gasteiger partial charge is 0.389 e. The van der Waals surface area contributed by atoms with Crippen LogP contribution in [0.5, 0.6) is 0 Å². The van der Waals surface area contributed by atoms with Gasteiger partial charge in [0, 0.05) is 23.5 Å². The highest BCUT2D eigenvalue weighted by Gasteiger charge is 2.10. The van der Waals surface area contributed by atoms with Crippen molar-refractivity contribution in [3.63, 3.8) is 0 Å². The Morgan fingerprint density at radius 2 is 1.77 bits per heavy atom. The van der Waals surface area contributed by atoms with Gasteiger partial charge >= 0.3 is 0 Å². The third kappa shape index (κ3) is 4.30. The maximum atomic E-state index is 12.2. The number of nitrogens with one attached hydrogen (secondary N) is 1. The van der Waals surface area contributed by atoms with Gasteiger partial charge in [0.25, 0.3) is 0 Å². The Hall–Kier alpha value is -2.40. The smallest absolute Gasteiger partial charge is 0.243 e. The van der Waals surface area contributed by atoms with Crippen LogP contribution in [-0.2, 0) is 4.79 Å². The molecule has 2 aromatic rings. The molecule has 22 heavy (non-hydrogen) atoms. The maximum Gasteiger partial charge on any atom is 0.243 e. The van der Waals surface area contributed by atoms with Crippen molar-refractivity contribution in [3.05, 3.63) is 60.2 Å². The van der Waals surface area contributed by atoms with Crippen molar-refractivity contribution in [2.75, 3.05) is 23.3 Å². The zero-order valence-electron chi connectivity index (χ0n) is 12.5. The summed E-state index contributed by atoms with van der Waals surface area (Å²) >= 11 is 4.90. The van der Waals surface area contributed by atoms with Gasteiger partial charge in [-0.25, -0.2) is 0 Å². The van der Waals surface area contributed by atoms with Crippen LogP contribution in [0.15, 0.2) is 54.6 Å². The lowest BCUT2D eigenvalue weighted by Gasteiger charge is -2.22. The van der Waals surface area contributed by atoms with E-state index in [1.165, 1.54) is 0 Å². The highest BCUT2D eigenvalue weighted by molar-refractivity contribution is 7.80. The number of likely N-dealkylation sites (N-methyl/N-ethyl adjacent to an activating group) is 1. The Bertz CT molecular complexity index is 641. The molecule has 0 saturated heterocycles. The van der Waals surface area contributed by atoms with Gasteiger partial charge in [-0.1, -0.05) is 30.4 Å². The van der Waals surface area contributed by atoms with Gasteiger partial charge in [-0.05, 0) is 43.3 Å². The van der Waals surface area contributed by atoms with Gasteiger partial charge < -0.3 is 16.0 Å². The monoisotopic (exact) mass is 313 g/mol. The van der Waals surface area contributed by atoms with Crippen LogP contribution >= 0.6 is 12.2 Å². The number of nitrogens with two attached hydrogens (primary N) is 1. The Morgan fingerprint density at radius 3 is 2.32 bits per heavy atom. The zero-order chi connectivity index (χ0) is 15.9. The molecule has 0 unspecified atom stereocenters. The molecule has 5 heteroatoms. The van der Waals surface area contributed by atoms with Gasteiger partial charge in [-0.2, -0.15) is 0 Å². The van der Waals surface area contributed by atoms with Crippen molar-refractivity contribution in [1.82, 2.24) is 0 Å². The van der Waals surface area contributed by atoms with E-state index in [1.54, 1.807) is 24.3 Å². The molecule has 1 amide bonds. The third-order valence-electron chi connectivity index (χ3n) is 3.29. The minimum Gasteiger partial charge on any atom is -0.389 e. The van der Waals surface area contributed by atoms with Crippen molar-refractivity contribution >= 4 is 34.5 Å². The minimum absolute atomic E-state index is 0.0613. The summed E-state index contributed by atoms with van der Waals surface area (Å²) in [6.45, 7) is 3.09. The second kappa shape index (κ2) is 7.56. The number of amides is 1. The average Bonchev–Trinajstić information content (AvgIpc) is 2.54. The molecule has 0 spiro atoms. The van der Waals surface area contributed by atoms with Crippen LogP contribution in [0.4, 0.5) is 11.4 Å². The first-order valence-corrected chi connectivity index (χ1v) is 7.50. The third-order valence-corrected chi connectivity index (χ3v) is 3.53. The summed E-state index contributed by atoms with van der Waals surface area (Å²) in [4.78, 5) is 14.5. The number of nitrogens with zero attached hydrogens (tertiary/aromatic N) is 1. The number of carbonyl (C=O) groups excluding carboxylic acids is 1. The van der Waals surface area contributed by atoms with E-state index in [0.29, 0.717) is 11.5 Å². The maximum absolute atomic E-state index is 12.2. The zero-order valence-corrected chi connectivity index (χ0v) is 13.3. The van der Waals surface area contributed by atoms with Crippen molar-refractivity contribution < 1.29 is 4.79 Å². The van der Waals surface area contributed by atoms with Crippen LogP contribution in [0.3, 0.4) is 0 Å². The van der Waals surface area contributed by atoms with E-state index in [9.17, 15) is 4.79 Å². The first-order chi connectivity index (χ1) is 10.6. The van der Waals surface area contributed by atoms with E-state index in [2.05, 4.69) is 5.32 Å². The molecule has 2 aromatic carbocycles.